The van der Waals surface area contributed by atoms with E-state index in [1.807, 2.05) is 19.1 Å². The predicted octanol–water partition coefficient (Wildman–Crippen LogP) is 1.79. The second-order valence-electron chi connectivity index (χ2n) is 7.18. The highest BCUT2D eigenvalue weighted by atomic mass is 16.5. The van der Waals surface area contributed by atoms with Crippen molar-refractivity contribution in [1.29, 1.82) is 0 Å². The molecule has 0 radical (unpaired) electrons. The van der Waals surface area contributed by atoms with Gasteiger partial charge in [0.1, 0.15) is 17.1 Å². The van der Waals surface area contributed by atoms with Gasteiger partial charge in [-0.2, -0.15) is 5.10 Å². The van der Waals surface area contributed by atoms with Crippen LogP contribution in [0.15, 0.2) is 18.3 Å². The maximum absolute atomic E-state index is 11.8. The molecule has 2 saturated heterocycles. The number of aryl methyl sites for hydroxylation is 1. The zero-order valence-electron chi connectivity index (χ0n) is 14.5. The van der Waals surface area contributed by atoms with Gasteiger partial charge in [0.15, 0.2) is 0 Å². The highest BCUT2D eigenvalue weighted by molar-refractivity contribution is 5.97. The first-order chi connectivity index (χ1) is 12.6. The average Bonchev–Trinajstić information content (AvgIpc) is 3.35. The minimum atomic E-state index is -1.03. The van der Waals surface area contributed by atoms with Crippen LogP contribution in [0.3, 0.4) is 0 Å². The van der Waals surface area contributed by atoms with E-state index in [4.69, 9.17) is 9.47 Å². The Morgan fingerprint density at radius 3 is 2.92 bits per heavy atom. The molecule has 2 aromatic heterocycles. The van der Waals surface area contributed by atoms with Crippen molar-refractivity contribution >= 4 is 11.8 Å². The van der Waals surface area contributed by atoms with Crippen LogP contribution in [0.2, 0.25) is 0 Å². The molecule has 0 aromatic carbocycles. The molecule has 136 valence electrons. The molecule has 0 unspecified atom stereocenters. The van der Waals surface area contributed by atoms with Crippen LogP contribution in [-0.2, 0) is 11.3 Å². The average molecular weight is 356 g/mol. The quantitative estimate of drug-likeness (QED) is 0.897. The highest BCUT2D eigenvalue weighted by Crippen LogP contribution is 2.35. The van der Waals surface area contributed by atoms with E-state index in [-0.39, 0.29) is 11.7 Å². The van der Waals surface area contributed by atoms with E-state index in [1.54, 1.807) is 10.9 Å². The lowest BCUT2D eigenvalue weighted by atomic mass is 10.1. The van der Waals surface area contributed by atoms with E-state index in [0.717, 1.165) is 31.8 Å². The number of ether oxygens (including phenoxy) is 2. The first kappa shape index (κ1) is 15.6. The number of pyridine rings is 1. The summed E-state index contributed by atoms with van der Waals surface area (Å²) in [6.45, 7) is 4.20. The van der Waals surface area contributed by atoms with Crippen LogP contribution in [0.5, 0.6) is 5.88 Å². The fourth-order valence-corrected chi connectivity index (χ4v) is 4.04. The summed E-state index contributed by atoms with van der Waals surface area (Å²) in [4.78, 5) is 18.6. The van der Waals surface area contributed by atoms with Crippen LogP contribution < -0.4 is 9.64 Å². The van der Waals surface area contributed by atoms with E-state index < -0.39 is 5.97 Å². The lowest BCUT2D eigenvalue weighted by molar-refractivity contribution is 0.0684. The number of carbonyl (C=O) groups is 1. The van der Waals surface area contributed by atoms with Crippen molar-refractivity contribution in [3.05, 3.63) is 23.9 Å². The normalized spacial score (nSPS) is 26.7. The fraction of sp³-hybridized carbons (Fsp3) is 0.500. The summed E-state index contributed by atoms with van der Waals surface area (Å²) in [6, 6.07) is 4.21. The van der Waals surface area contributed by atoms with E-state index in [2.05, 4.69) is 15.0 Å². The third-order valence-corrected chi connectivity index (χ3v) is 5.40. The van der Waals surface area contributed by atoms with Crippen LogP contribution in [-0.4, -0.2) is 57.2 Å². The number of aromatic nitrogens is 3. The predicted molar refractivity (Wildman–Crippen MR) is 92.6 cm³/mol. The van der Waals surface area contributed by atoms with Crippen LogP contribution in [0.4, 0.5) is 5.82 Å². The third-order valence-electron chi connectivity index (χ3n) is 5.40. The van der Waals surface area contributed by atoms with Gasteiger partial charge in [0.2, 0.25) is 5.88 Å². The minimum Gasteiger partial charge on any atom is -0.477 e. The maximum atomic E-state index is 11.8. The Hall–Kier alpha value is -2.61. The zero-order valence-corrected chi connectivity index (χ0v) is 14.5. The molecule has 2 aromatic rings. The molecule has 1 N–H and O–H groups in total. The van der Waals surface area contributed by atoms with Gasteiger partial charge >= 0.3 is 5.97 Å². The van der Waals surface area contributed by atoms with Gasteiger partial charge in [-0.1, -0.05) is 0 Å². The van der Waals surface area contributed by atoms with Gasteiger partial charge in [-0.05, 0) is 25.5 Å². The molecule has 0 spiro atoms. The molecule has 26 heavy (non-hydrogen) atoms. The molecule has 0 aliphatic carbocycles. The van der Waals surface area contributed by atoms with Crippen molar-refractivity contribution in [2.75, 3.05) is 18.1 Å². The summed E-state index contributed by atoms with van der Waals surface area (Å²) in [5.74, 6) is 0.202. The molecule has 2 bridgehead atoms. The number of nitrogens with zero attached hydrogens (tertiary/aromatic N) is 4. The first-order valence-electron chi connectivity index (χ1n) is 8.95. The molecular weight excluding hydrogens is 336 g/mol. The summed E-state index contributed by atoms with van der Waals surface area (Å²) >= 11 is 0. The molecule has 5 rings (SSSR count). The van der Waals surface area contributed by atoms with Crippen molar-refractivity contribution in [3.63, 3.8) is 0 Å². The second kappa shape index (κ2) is 5.70. The molecule has 5 heterocycles. The number of carboxylic acid groups (broad SMARTS) is 1. The molecular formula is C18H20N4O4. The fourth-order valence-electron chi connectivity index (χ4n) is 4.04. The van der Waals surface area contributed by atoms with Gasteiger partial charge in [0.25, 0.3) is 0 Å². The molecule has 3 aliphatic heterocycles. The Morgan fingerprint density at radius 2 is 2.27 bits per heavy atom. The lowest BCUT2D eigenvalue weighted by Gasteiger charge is -2.27. The Balaban J connectivity index is 1.49. The first-order valence-corrected chi connectivity index (χ1v) is 8.95. The van der Waals surface area contributed by atoms with E-state index >= 15 is 0 Å². The third kappa shape index (κ3) is 2.36. The van der Waals surface area contributed by atoms with Crippen LogP contribution in [0.25, 0.3) is 11.3 Å². The minimum absolute atomic E-state index is 0.0153. The summed E-state index contributed by atoms with van der Waals surface area (Å²) in [5.41, 5.74) is 1.21. The van der Waals surface area contributed by atoms with Crippen molar-refractivity contribution in [2.45, 2.75) is 44.6 Å². The Labute approximate surface area is 150 Å². The van der Waals surface area contributed by atoms with Crippen molar-refractivity contribution < 1.29 is 19.4 Å². The number of hydrogen-bond acceptors (Lipinski definition) is 6. The molecule has 3 atom stereocenters. The summed E-state index contributed by atoms with van der Waals surface area (Å²) < 4.78 is 13.0. The topological polar surface area (TPSA) is 89.7 Å². The monoisotopic (exact) mass is 356 g/mol. The van der Waals surface area contributed by atoms with Gasteiger partial charge in [-0.3, -0.25) is 0 Å². The summed E-state index contributed by atoms with van der Waals surface area (Å²) in [5, 5.41) is 14.2. The van der Waals surface area contributed by atoms with Gasteiger partial charge in [-0.25, -0.2) is 14.5 Å². The van der Waals surface area contributed by atoms with E-state index in [9.17, 15) is 9.90 Å². The zero-order chi connectivity index (χ0) is 17.8. The van der Waals surface area contributed by atoms with Crippen LogP contribution in [0, 0.1) is 0 Å². The smallest absolute Gasteiger partial charge is 0.343 e. The molecule has 0 amide bonds. The second-order valence-corrected chi connectivity index (χ2v) is 7.18. The van der Waals surface area contributed by atoms with E-state index in [1.165, 1.54) is 0 Å². The molecule has 8 nitrogen and oxygen atoms in total. The number of anilines is 1. The largest absolute Gasteiger partial charge is 0.477 e. The number of hydrogen-bond donors (Lipinski definition) is 1. The number of carboxylic acids is 1. The highest BCUT2D eigenvalue weighted by Gasteiger charge is 2.39. The lowest BCUT2D eigenvalue weighted by Crippen LogP contribution is -2.37. The molecule has 2 fully saturated rings. The number of aromatic carboxylic acids is 1. The Bertz CT molecular complexity index is 863. The van der Waals surface area contributed by atoms with Gasteiger partial charge in [0, 0.05) is 31.3 Å². The molecule has 0 saturated carbocycles. The van der Waals surface area contributed by atoms with E-state index in [0.29, 0.717) is 35.8 Å². The van der Waals surface area contributed by atoms with Crippen LogP contribution >= 0.6 is 0 Å². The number of morpholine rings is 1. The Morgan fingerprint density at radius 1 is 1.38 bits per heavy atom. The maximum Gasteiger partial charge on any atom is 0.343 e. The number of fused-ring (bicyclic) bond motifs is 3. The van der Waals surface area contributed by atoms with Crippen LogP contribution in [0.1, 0.15) is 30.1 Å². The summed E-state index contributed by atoms with van der Waals surface area (Å²) in [6.07, 6.45) is 3.85. The van der Waals surface area contributed by atoms with Crippen molar-refractivity contribution in [2.24, 2.45) is 0 Å². The number of rotatable bonds is 3. The van der Waals surface area contributed by atoms with Crippen molar-refractivity contribution in [3.8, 4) is 17.1 Å². The molecule has 8 heteroatoms. The standard InChI is InChI=1S/C18H20N4O4/c1-10-4-5-22-17(26-10)15(18(23)24)16(20-22)11-2-3-14(19-7-11)21-8-13-6-12(21)9-25-13/h2-3,7,10,12-13H,4-6,8-9H2,1H3,(H,23,24)/t10-,12+,13+/m0/s1. The Kier molecular flexibility index (Phi) is 3.43. The van der Waals surface area contributed by atoms with Crippen molar-refractivity contribution in [1.82, 2.24) is 14.8 Å². The summed E-state index contributed by atoms with van der Waals surface area (Å²) in [7, 11) is 0. The van der Waals surface area contributed by atoms with Gasteiger partial charge in [-0.15, -0.1) is 0 Å². The molecule has 3 aliphatic rings. The SMILES string of the molecule is C[C@H]1CCn2nc(-c3ccc(N4C[C@H]5C[C@@H]4CO5)nc3)c(C(=O)O)c2O1. The van der Waals surface area contributed by atoms with Gasteiger partial charge < -0.3 is 19.5 Å². The van der Waals surface area contributed by atoms with Gasteiger partial charge in [0.05, 0.1) is 24.9 Å².